The lowest BCUT2D eigenvalue weighted by Gasteiger charge is -2.52. The first-order chi connectivity index (χ1) is 15.8. The van der Waals surface area contributed by atoms with Crippen LogP contribution in [-0.2, 0) is 23.9 Å². The van der Waals surface area contributed by atoms with Crippen LogP contribution < -0.4 is 0 Å². The fraction of sp³-hybridized carbons (Fsp3) is 0.346. The number of carbonyl (C=O) groups is 3. The lowest BCUT2D eigenvalue weighted by Crippen LogP contribution is -2.59. The summed E-state index contributed by atoms with van der Waals surface area (Å²) in [5.74, 6) is -5.35. The minimum absolute atomic E-state index is 0.203. The smallest absolute Gasteiger partial charge is 0.327 e. The van der Waals surface area contributed by atoms with Gasteiger partial charge in [0, 0.05) is 17.8 Å². The van der Waals surface area contributed by atoms with E-state index < -0.39 is 40.5 Å². The van der Waals surface area contributed by atoms with Crippen LogP contribution in [0.4, 0.5) is 0 Å². The normalized spacial score (nSPS) is 28.6. The number of methoxy groups -OCH3 is 2. The van der Waals surface area contributed by atoms with E-state index in [4.69, 9.17) is 9.47 Å². The zero-order valence-corrected chi connectivity index (χ0v) is 18.6. The third-order valence-electron chi connectivity index (χ3n) is 6.65. The van der Waals surface area contributed by atoms with Crippen LogP contribution in [0.2, 0.25) is 0 Å². The second-order valence-corrected chi connectivity index (χ2v) is 8.20. The molecule has 3 rings (SSSR count). The number of hydrogen-bond acceptors (Lipinski definition) is 7. The van der Waals surface area contributed by atoms with Gasteiger partial charge in [-0.1, -0.05) is 60.7 Å². The Balaban J connectivity index is 2.51. The maximum Gasteiger partial charge on any atom is 0.327 e. The number of nitriles is 2. The molecule has 168 valence electrons. The summed E-state index contributed by atoms with van der Waals surface area (Å²) in [4.78, 5) is 39.7. The van der Waals surface area contributed by atoms with Crippen LogP contribution in [0.15, 0.2) is 60.7 Å². The molecule has 0 saturated heterocycles. The van der Waals surface area contributed by atoms with Gasteiger partial charge >= 0.3 is 11.9 Å². The number of ketones is 1. The number of carbonyl (C=O) groups excluding carboxylic acids is 3. The van der Waals surface area contributed by atoms with Crippen molar-refractivity contribution in [2.24, 2.45) is 16.7 Å². The predicted molar refractivity (Wildman–Crippen MR) is 117 cm³/mol. The van der Waals surface area contributed by atoms with Crippen molar-refractivity contribution in [3.05, 3.63) is 71.8 Å². The van der Waals surface area contributed by atoms with Gasteiger partial charge in [0.1, 0.15) is 5.78 Å². The Labute approximate surface area is 192 Å². The van der Waals surface area contributed by atoms with E-state index in [9.17, 15) is 24.9 Å². The molecule has 33 heavy (non-hydrogen) atoms. The third-order valence-corrected chi connectivity index (χ3v) is 6.65. The highest BCUT2D eigenvalue weighted by atomic mass is 16.5. The second kappa shape index (κ2) is 9.26. The third kappa shape index (κ3) is 3.56. The van der Waals surface area contributed by atoms with E-state index in [0.29, 0.717) is 11.1 Å². The van der Waals surface area contributed by atoms with E-state index in [1.54, 1.807) is 60.7 Å². The van der Waals surface area contributed by atoms with E-state index >= 15 is 0 Å². The standard InChI is InChI=1S/C26H24N2O5/c1-17(29)20-14-25(15-27,23(30)32-2)22(19-12-8-5-9-13-19)26(16-28,24(31)33-3)21(20)18-10-6-4-7-11-18/h4-13,20-22H,14H2,1-3H3/t20-,21-,22+,25+,26+/m0/s1. The number of nitrogens with zero attached hydrogens (tertiary/aromatic N) is 2. The van der Waals surface area contributed by atoms with Crippen LogP contribution in [0.5, 0.6) is 0 Å². The lowest BCUT2D eigenvalue weighted by molar-refractivity contribution is -0.167. The fourth-order valence-electron chi connectivity index (χ4n) is 5.33. The number of esters is 2. The number of Topliss-reactive ketones (excluding diaryl/α,β-unsaturated/α-hetero) is 1. The molecule has 0 amide bonds. The summed E-state index contributed by atoms with van der Waals surface area (Å²) in [5, 5.41) is 21.1. The minimum Gasteiger partial charge on any atom is -0.468 e. The van der Waals surface area contributed by atoms with Crippen LogP contribution >= 0.6 is 0 Å². The molecule has 7 nitrogen and oxygen atoms in total. The zero-order valence-electron chi connectivity index (χ0n) is 18.6. The number of rotatable bonds is 5. The molecular formula is C26H24N2O5. The highest BCUT2D eigenvalue weighted by Crippen LogP contribution is 2.64. The van der Waals surface area contributed by atoms with Crippen molar-refractivity contribution in [2.45, 2.75) is 25.2 Å². The summed E-state index contributed by atoms with van der Waals surface area (Å²) in [6.45, 7) is 1.34. The highest BCUT2D eigenvalue weighted by Gasteiger charge is 2.70. The Bertz CT molecular complexity index is 1130. The molecule has 0 aliphatic heterocycles. The zero-order chi connectivity index (χ0) is 24.2. The largest absolute Gasteiger partial charge is 0.468 e. The van der Waals surface area contributed by atoms with Crippen LogP contribution in [0.1, 0.15) is 36.3 Å². The van der Waals surface area contributed by atoms with E-state index in [0.717, 1.165) is 14.2 Å². The van der Waals surface area contributed by atoms with Gasteiger partial charge in [0.25, 0.3) is 0 Å². The Hall–Kier alpha value is -3.97. The van der Waals surface area contributed by atoms with E-state index in [1.807, 2.05) is 0 Å². The molecule has 0 spiro atoms. The Morgan fingerprint density at radius 3 is 1.79 bits per heavy atom. The molecule has 7 heteroatoms. The molecule has 1 fully saturated rings. The van der Waals surface area contributed by atoms with Gasteiger partial charge in [0.2, 0.25) is 0 Å². The highest BCUT2D eigenvalue weighted by molar-refractivity contribution is 5.92. The molecule has 0 N–H and O–H groups in total. The lowest BCUT2D eigenvalue weighted by atomic mass is 9.45. The van der Waals surface area contributed by atoms with Crippen molar-refractivity contribution in [1.29, 1.82) is 10.5 Å². The van der Waals surface area contributed by atoms with Gasteiger partial charge in [-0.3, -0.25) is 14.4 Å². The molecule has 1 aliphatic rings. The molecule has 5 atom stereocenters. The number of benzene rings is 2. The van der Waals surface area contributed by atoms with Crippen molar-refractivity contribution in [2.75, 3.05) is 14.2 Å². The maximum absolute atomic E-state index is 13.6. The summed E-state index contributed by atoms with van der Waals surface area (Å²) in [6, 6.07) is 21.4. The molecule has 2 aromatic rings. The van der Waals surface area contributed by atoms with Crippen LogP contribution in [0.3, 0.4) is 0 Å². The molecule has 0 aromatic heterocycles. The van der Waals surface area contributed by atoms with E-state index in [-0.39, 0.29) is 12.2 Å². The average Bonchev–Trinajstić information content (AvgIpc) is 2.87. The van der Waals surface area contributed by atoms with Gasteiger partial charge in [-0.05, 0) is 24.5 Å². The van der Waals surface area contributed by atoms with E-state index in [1.165, 1.54) is 6.92 Å². The van der Waals surface area contributed by atoms with Crippen molar-refractivity contribution < 1.29 is 23.9 Å². The van der Waals surface area contributed by atoms with Gasteiger partial charge in [0.15, 0.2) is 10.8 Å². The SMILES string of the molecule is COC(=O)[C@]1(C#N)[C@@H](c2ccccc2)[C@H](C(C)=O)C[C@](C#N)(C(=O)OC)[C@H]1c1ccccc1. The molecule has 1 aliphatic carbocycles. The van der Waals surface area contributed by atoms with Crippen LogP contribution in [0.25, 0.3) is 0 Å². The Morgan fingerprint density at radius 1 is 0.848 bits per heavy atom. The first kappa shape index (κ1) is 23.7. The quantitative estimate of drug-likeness (QED) is 0.648. The van der Waals surface area contributed by atoms with Gasteiger partial charge in [-0.2, -0.15) is 10.5 Å². The number of hydrogen-bond donors (Lipinski definition) is 0. The molecule has 2 aromatic carbocycles. The topological polar surface area (TPSA) is 117 Å². The van der Waals surface area contributed by atoms with Gasteiger partial charge in [0.05, 0.1) is 26.4 Å². The second-order valence-electron chi connectivity index (χ2n) is 8.20. The van der Waals surface area contributed by atoms with Crippen LogP contribution in [0, 0.1) is 39.4 Å². The Kier molecular flexibility index (Phi) is 6.65. The number of ether oxygens (including phenoxy) is 2. The van der Waals surface area contributed by atoms with Crippen molar-refractivity contribution in [1.82, 2.24) is 0 Å². The predicted octanol–water partition coefficient (Wildman–Crippen LogP) is 3.53. The van der Waals surface area contributed by atoms with E-state index in [2.05, 4.69) is 12.1 Å². The molecule has 0 radical (unpaired) electrons. The Morgan fingerprint density at radius 2 is 1.36 bits per heavy atom. The first-order valence-corrected chi connectivity index (χ1v) is 10.4. The van der Waals surface area contributed by atoms with Crippen molar-refractivity contribution in [3.8, 4) is 12.1 Å². The summed E-state index contributed by atoms with van der Waals surface area (Å²) < 4.78 is 10.2. The molecule has 0 heterocycles. The van der Waals surface area contributed by atoms with Gasteiger partial charge in [-0.15, -0.1) is 0 Å². The average molecular weight is 444 g/mol. The maximum atomic E-state index is 13.6. The summed E-state index contributed by atoms with van der Waals surface area (Å²) in [5.41, 5.74) is -3.03. The summed E-state index contributed by atoms with van der Waals surface area (Å²) in [6.07, 6.45) is -0.203. The molecule has 0 unspecified atom stereocenters. The fourth-order valence-corrected chi connectivity index (χ4v) is 5.33. The van der Waals surface area contributed by atoms with Gasteiger partial charge in [-0.25, -0.2) is 0 Å². The monoisotopic (exact) mass is 444 g/mol. The first-order valence-electron chi connectivity index (χ1n) is 10.4. The van der Waals surface area contributed by atoms with Crippen molar-refractivity contribution >= 4 is 17.7 Å². The van der Waals surface area contributed by atoms with Crippen LogP contribution in [-0.4, -0.2) is 31.9 Å². The van der Waals surface area contributed by atoms with Crippen molar-refractivity contribution in [3.63, 3.8) is 0 Å². The van der Waals surface area contributed by atoms with Gasteiger partial charge < -0.3 is 9.47 Å². The molecule has 0 bridgehead atoms. The summed E-state index contributed by atoms with van der Waals surface area (Å²) in [7, 11) is 2.29. The molecule has 1 saturated carbocycles. The summed E-state index contributed by atoms with van der Waals surface area (Å²) >= 11 is 0. The minimum atomic E-state index is -2.06. The molecular weight excluding hydrogens is 420 g/mol.